The van der Waals surface area contributed by atoms with Crippen molar-refractivity contribution in [1.29, 1.82) is 0 Å². The van der Waals surface area contributed by atoms with Gasteiger partial charge in [-0.3, -0.25) is 9.36 Å². The lowest BCUT2D eigenvalue weighted by atomic mass is 10.0. The molecule has 0 radical (unpaired) electrons. The first-order valence-electron chi connectivity index (χ1n) is 9.69. The molecule has 4 aromatic rings. The lowest BCUT2D eigenvalue weighted by Gasteiger charge is -2.13. The fourth-order valence-corrected chi connectivity index (χ4v) is 4.03. The Labute approximate surface area is 194 Å². The first-order chi connectivity index (χ1) is 14.4. The van der Waals surface area contributed by atoms with Crippen molar-refractivity contribution in [3.63, 3.8) is 0 Å². The Balaban J connectivity index is 1.89. The zero-order valence-electron chi connectivity index (χ0n) is 16.6. The molecule has 0 aliphatic rings. The van der Waals surface area contributed by atoms with E-state index in [0.29, 0.717) is 33.4 Å². The smallest absolute Gasteiger partial charge is 0.266 e. The minimum absolute atomic E-state index is 0.138. The quantitative estimate of drug-likeness (QED) is 0.270. The number of halogens is 2. The maximum Gasteiger partial charge on any atom is 0.266 e. The summed E-state index contributed by atoms with van der Waals surface area (Å²) in [4.78, 5) is 18.2. The minimum atomic E-state index is -0.138. The Kier molecular flexibility index (Phi) is 6.06. The predicted molar refractivity (Wildman–Crippen MR) is 135 cm³/mol. The number of hydrogen-bond acceptors (Lipinski definition) is 2. The van der Waals surface area contributed by atoms with Gasteiger partial charge >= 0.3 is 0 Å². The summed E-state index contributed by atoms with van der Waals surface area (Å²) in [6.07, 6.45) is 3.84. The van der Waals surface area contributed by atoms with Crippen LogP contribution in [0.2, 0.25) is 5.02 Å². The van der Waals surface area contributed by atoms with E-state index in [4.69, 9.17) is 16.6 Å². The number of hydrogen-bond donors (Lipinski definition) is 0. The van der Waals surface area contributed by atoms with Gasteiger partial charge in [0.15, 0.2) is 0 Å². The average Bonchev–Trinajstić information content (AvgIpc) is 2.74. The van der Waals surface area contributed by atoms with E-state index in [0.717, 1.165) is 9.13 Å². The molecule has 0 N–H and O–H groups in total. The second kappa shape index (κ2) is 8.74. The number of benzene rings is 3. The lowest BCUT2D eigenvalue weighted by molar-refractivity contribution is 0.866. The van der Waals surface area contributed by atoms with E-state index < -0.39 is 0 Å². The molecule has 3 aromatic carbocycles. The van der Waals surface area contributed by atoms with Crippen molar-refractivity contribution in [2.75, 3.05) is 0 Å². The Bertz CT molecular complexity index is 1310. The van der Waals surface area contributed by atoms with E-state index in [1.165, 1.54) is 5.56 Å². The molecule has 0 aliphatic heterocycles. The summed E-state index contributed by atoms with van der Waals surface area (Å²) in [6.45, 7) is 4.35. The number of nitrogens with zero attached hydrogens (tertiary/aromatic N) is 2. The van der Waals surface area contributed by atoms with Crippen LogP contribution in [0.5, 0.6) is 0 Å². The van der Waals surface area contributed by atoms with E-state index in [-0.39, 0.29) is 5.56 Å². The summed E-state index contributed by atoms with van der Waals surface area (Å²) in [6, 6.07) is 21.4. The van der Waals surface area contributed by atoms with Crippen LogP contribution in [0.25, 0.3) is 28.7 Å². The van der Waals surface area contributed by atoms with E-state index in [1.54, 1.807) is 10.6 Å². The van der Waals surface area contributed by atoms with Gasteiger partial charge in [-0.1, -0.05) is 67.9 Å². The van der Waals surface area contributed by atoms with Gasteiger partial charge in [0.1, 0.15) is 5.82 Å². The fourth-order valence-electron chi connectivity index (χ4n) is 3.32. The Morgan fingerprint density at radius 2 is 1.73 bits per heavy atom. The maximum absolute atomic E-state index is 13.4. The second-order valence-electron chi connectivity index (χ2n) is 7.38. The summed E-state index contributed by atoms with van der Waals surface area (Å²) in [5, 5.41) is 1.07. The molecular weight excluding hydrogens is 507 g/mol. The van der Waals surface area contributed by atoms with E-state index in [9.17, 15) is 4.79 Å². The standard InChI is InChI=1S/C25H20ClIN2O/c1-16(2)18-10-7-17(8-11-18)9-14-24-28-22-13-12-19(27)15-20(22)25(30)29(24)23-6-4-3-5-21(23)26/h3-16H,1-2H3. The van der Waals surface area contributed by atoms with Gasteiger partial charge in [0.2, 0.25) is 0 Å². The van der Waals surface area contributed by atoms with Crippen LogP contribution in [0, 0.1) is 3.57 Å². The van der Waals surface area contributed by atoms with Crippen LogP contribution in [0.4, 0.5) is 0 Å². The molecule has 0 bridgehead atoms. The molecule has 0 unspecified atom stereocenters. The Morgan fingerprint density at radius 3 is 2.43 bits per heavy atom. The van der Waals surface area contributed by atoms with Gasteiger partial charge < -0.3 is 0 Å². The van der Waals surface area contributed by atoms with Crippen molar-refractivity contribution in [3.05, 3.63) is 103 Å². The summed E-state index contributed by atoms with van der Waals surface area (Å²) in [5.41, 5.74) is 3.48. The minimum Gasteiger partial charge on any atom is -0.268 e. The van der Waals surface area contributed by atoms with Gasteiger partial charge in [0.05, 0.1) is 21.6 Å². The van der Waals surface area contributed by atoms with Crippen molar-refractivity contribution in [2.45, 2.75) is 19.8 Å². The third-order valence-electron chi connectivity index (χ3n) is 4.98. The molecule has 0 spiro atoms. The number of aromatic nitrogens is 2. The molecule has 0 saturated carbocycles. The number of fused-ring (bicyclic) bond motifs is 1. The molecular formula is C25H20ClIN2O. The van der Waals surface area contributed by atoms with Crippen LogP contribution < -0.4 is 5.56 Å². The van der Waals surface area contributed by atoms with E-state index in [2.05, 4.69) is 60.7 Å². The highest BCUT2D eigenvalue weighted by molar-refractivity contribution is 14.1. The maximum atomic E-state index is 13.4. The van der Waals surface area contributed by atoms with Gasteiger partial charge in [-0.25, -0.2) is 4.98 Å². The molecule has 3 nitrogen and oxygen atoms in total. The van der Waals surface area contributed by atoms with Crippen molar-refractivity contribution in [3.8, 4) is 5.69 Å². The third kappa shape index (κ3) is 4.20. The van der Waals surface area contributed by atoms with E-state index in [1.807, 2.05) is 48.6 Å². The van der Waals surface area contributed by atoms with Gasteiger partial charge in [-0.05, 0) is 76.0 Å². The SMILES string of the molecule is CC(C)c1ccc(C=Cc2nc3ccc(I)cc3c(=O)n2-c2ccccc2Cl)cc1. The predicted octanol–water partition coefficient (Wildman–Crippen LogP) is 6.94. The van der Waals surface area contributed by atoms with Crippen LogP contribution in [-0.2, 0) is 0 Å². The number of para-hydroxylation sites is 1. The molecule has 4 rings (SSSR count). The van der Waals surface area contributed by atoms with Gasteiger partial charge in [0, 0.05) is 3.57 Å². The molecule has 5 heteroatoms. The van der Waals surface area contributed by atoms with Gasteiger partial charge in [-0.15, -0.1) is 0 Å². The van der Waals surface area contributed by atoms with Crippen molar-refractivity contribution < 1.29 is 0 Å². The molecule has 30 heavy (non-hydrogen) atoms. The van der Waals surface area contributed by atoms with Gasteiger partial charge in [0.25, 0.3) is 5.56 Å². The first-order valence-corrected chi connectivity index (χ1v) is 11.1. The molecule has 1 aromatic heterocycles. The highest BCUT2D eigenvalue weighted by Gasteiger charge is 2.13. The van der Waals surface area contributed by atoms with Gasteiger partial charge in [-0.2, -0.15) is 0 Å². The summed E-state index contributed by atoms with van der Waals surface area (Å²) in [7, 11) is 0. The molecule has 0 fully saturated rings. The van der Waals surface area contributed by atoms with Crippen LogP contribution in [0.1, 0.15) is 36.7 Å². The normalized spacial score (nSPS) is 11.6. The molecule has 0 aliphatic carbocycles. The average molecular weight is 527 g/mol. The Hall–Kier alpha value is -2.44. The highest BCUT2D eigenvalue weighted by Crippen LogP contribution is 2.23. The third-order valence-corrected chi connectivity index (χ3v) is 5.97. The highest BCUT2D eigenvalue weighted by atomic mass is 127. The molecule has 0 amide bonds. The second-order valence-corrected chi connectivity index (χ2v) is 9.03. The van der Waals surface area contributed by atoms with E-state index >= 15 is 0 Å². The Morgan fingerprint density at radius 1 is 1.00 bits per heavy atom. The van der Waals surface area contributed by atoms with Crippen molar-refractivity contribution in [1.82, 2.24) is 9.55 Å². The topological polar surface area (TPSA) is 34.9 Å². The summed E-state index contributed by atoms with van der Waals surface area (Å²) in [5.74, 6) is 1.02. The monoisotopic (exact) mass is 526 g/mol. The lowest BCUT2D eigenvalue weighted by Crippen LogP contribution is -2.22. The molecule has 1 heterocycles. The van der Waals surface area contributed by atoms with Crippen LogP contribution in [0.15, 0.2) is 71.5 Å². The molecule has 0 atom stereocenters. The zero-order valence-corrected chi connectivity index (χ0v) is 19.6. The largest absolute Gasteiger partial charge is 0.268 e. The fraction of sp³-hybridized carbons (Fsp3) is 0.120. The summed E-state index contributed by atoms with van der Waals surface area (Å²) < 4.78 is 2.57. The van der Waals surface area contributed by atoms with Crippen LogP contribution in [-0.4, -0.2) is 9.55 Å². The first kappa shape index (κ1) is 20.8. The zero-order chi connectivity index (χ0) is 21.3. The summed E-state index contributed by atoms with van der Waals surface area (Å²) >= 11 is 8.64. The van der Waals surface area contributed by atoms with Crippen LogP contribution >= 0.6 is 34.2 Å². The van der Waals surface area contributed by atoms with Crippen LogP contribution in [0.3, 0.4) is 0 Å². The number of rotatable bonds is 4. The van der Waals surface area contributed by atoms with Crippen molar-refractivity contribution >= 4 is 57.2 Å². The molecule has 150 valence electrons. The molecule has 0 saturated heterocycles. The van der Waals surface area contributed by atoms with Crippen molar-refractivity contribution in [2.24, 2.45) is 0 Å².